The van der Waals surface area contributed by atoms with Crippen LogP contribution in [0.3, 0.4) is 0 Å². The molecule has 0 bridgehead atoms. The highest BCUT2D eigenvalue weighted by Gasteiger charge is 2.07. The van der Waals surface area contributed by atoms with Crippen LogP contribution in [0.15, 0.2) is 6.07 Å². The molecule has 0 saturated carbocycles. The highest BCUT2D eigenvalue weighted by Crippen LogP contribution is 2.01. The molecule has 1 N–H and O–H groups in total. The Morgan fingerprint density at radius 2 is 2.25 bits per heavy atom. The molecule has 0 atom stereocenters. The summed E-state index contributed by atoms with van der Waals surface area (Å²) < 4.78 is 1.66. The summed E-state index contributed by atoms with van der Waals surface area (Å²) in [5.41, 5.74) is 4.28. The molecule has 0 unspecified atom stereocenters. The highest BCUT2D eigenvalue weighted by atomic mass is 16.6. The third-order valence-electron chi connectivity index (χ3n) is 2.00. The van der Waals surface area contributed by atoms with Crippen LogP contribution in [0.5, 0.6) is 0 Å². The van der Waals surface area contributed by atoms with Gasteiger partial charge >= 0.3 is 0 Å². The maximum Gasteiger partial charge on any atom is 0.265 e. The van der Waals surface area contributed by atoms with Crippen LogP contribution in [0.1, 0.15) is 25.2 Å². The molecule has 0 aliphatic heterocycles. The smallest absolute Gasteiger partial charge is 0.265 e. The second-order valence-corrected chi connectivity index (χ2v) is 4.31. The lowest BCUT2D eigenvalue weighted by molar-refractivity contribution is -0.135. The normalized spacial score (nSPS) is 10.8. The number of carbonyl (C=O) groups excluding carboxylic acids is 1. The van der Waals surface area contributed by atoms with Crippen molar-refractivity contribution in [2.75, 3.05) is 6.61 Å². The van der Waals surface area contributed by atoms with Gasteiger partial charge in [-0.05, 0) is 25.8 Å². The van der Waals surface area contributed by atoms with Gasteiger partial charge in [-0.3, -0.25) is 14.3 Å². The van der Waals surface area contributed by atoms with Gasteiger partial charge in [0, 0.05) is 5.69 Å². The Kier molecular flexibility index (Phi) is 4.49. The fourth-order valence-electron chi connectivity index (χ4n) is 1.29. The van der Waals surface area contributed by atoms with Crippen LogP contribution < -0.4 is 5.48 Å². The van der Waals surface area contributed by atoms with Crippen molar-refractivity contribution in [1.29, 1.82) is 0 Å². The summed E-state index contributed by atoms with van der Waals surface area (Å²) in [4.78, 5) is 16.5. The van der Waals surface area contributed by atoms with E-state index in [0.29, 0.717) is 12.5 Å². The maximum absolute atomic E-state index is 11.5. The first-order valence-corrected chi connectivity index (χ1v) is 5.40. The Labute approximate surface area is 95.7 Å². The van der Waals surface area contributed by atoms with Crippen LogP contribution in [-0.2, 0) is 16.2 Å². The number of carbonyl (C=O) groups is 1. The number of nitrogens with one attached hydrogen (secondary N) is 1. The van der Waals surface area contributed by atoms with Crippen molar-refractivity contribution in [2.45, 2.75) is 34.2 Å². The quantitative estimate of drug-likeness (QED) is 0.766. The van der Waals surface area contributed by atoms with Crippen LogP contribution in [0.2, 0.25) is 0 Å². The molecule has 0 aliphatic rings. The first-order valence-electron chi connectivity index (χ1n) is 5.40. The van der Waals surface area contributed by atoms with Crippen LogP contribution in [0.4, 0.5) is 0 Å². The molecule has 5 nitrogen and oxygen atoms in total. The Morgan fingerprint density at radius 1 is 1.56 bits per heavy atom. The van der Waals surface area contributed by atoms with E-state index in [1.807, 2.05) is 33.8 Å². The first kappa shape index (κ1) is 12.7. The van der Waals surface area contributed by atoms with E-state index in [1.165, 1.54) is 0 Å². The number of hydroxylamine groups is 1. The van der Waals surface area contributed by atoms with Crippen LogP contribution in [0, 0.1) is 19.8 Å². The summed E-state index contributed by atoms with van der Waals surface area (Å²) in [5.74, 6) is 0.209. The minimum absolute atomic E-state index is 0.188. The third kappa shape index (κ3) is 4.02. The second kappa shape index (κ2) is 5.65. The summed E-state index contributed by atoms with van der Waals surface area (Å²) in [6.45, 7) is 8.57. The van der Waals surface area contributed by atoms with Crippen molar-refractivity contribution in [3.63, 3.8) is 0 Å². The van der Waals surface area contributed by atoms with Gasteiger partial charge in [-0.25, -0.2) is 5.48 Å². The SMILES string of the molecule is Cc1cc(C)n(CC(=O)NOCC(C)C)n1. The van der Waals surface area contributed by atoms with Crippen molar-refractivity contribution < 1.29 is 9.63 Å². The molecular weight excluding hydrogens is 206 g/mol. The fourth-order valence-corrected chi connectivity index (χ4v) is 1.29. The van der Waals surface area contributed by atoms with Crippen molar-refractivity contribution in [1.82, 2.24) is 15.3 Å². The minimum atomic E-state index is -0.188. The van der Waals surface area contributed by atoms with Gasteiger partial charge in [-0.1, -0.05) is 13.8 Å². The second-order valence-electron chi connectivity index (χ2n) is 4.31. The molecule has 0 saturated heterocycles. The molecule has 0 radical (unpaired) electrons. The lowest BCUT2D eigenvalue weighted by Crippen LogP contribution is -2.29. The molecule has 16 heavy (non-hydrogen) atoms. The molecule has 0 fully saturated rings. The summed E-state index contributed by atoms with van der Waals surface area (Å²) in [6.07, 6.45) is 0. The van der Waals surface area contributed by atoms with E-state index in [2.05, 4.69) is 10.6 Å². The molecule has 5 heteroatoms. The average molecular weight is 225 g/mol. The van der Waals surface area contributed by atoms with E-state index in [4.69, 9.17) is 4.84 Å². The number of aryl methyl sites for hydroxylation is 2. The standard InChI is InChI=1S/C11H19N3O2/c1-8(2)7-16-13-11(15)6-14-10(4)5-9(3)12-14/h5,8H,6-7H2,1-4H3,(H,13,15). The van der Waals surface area contributed by atoms with Gasteiger partial charge in [0.05, 0.1) is 12.3 Å². The van der Waals surface area contributed by atoms with E-state index in [0.717, 1.165) is 11.4 Å². The Bertz CT molecular complexity index is 358. The van der Waals surface area contributed by atoms with Crippen LogP contribution >= 0.6 is 0 Å². The largest absolute Gasteiger partial charge is 0.273 e. The molecule has 90 valence electrons. The van der Waals surface area contributed by atoms with Gasteiger partial charge in [0.25, 0.3) is 5.91 Å². The van der Waals surface area contributed by atoms with Crippen molar-refractivity contribution in [3.05, 3.63) is 17.5 Å². The number of aromatic nitrogens is 2. The highest BCUT2D eigenvalue weighted by molar-refractivity contribution is 5.74. The van der Waals surface area contributed by atoms with E-state index in [-0.39, 0.29) is 12.5 Å². The maximum atomic E-state index is 11.5. The van der Waals surface area contributed by atoms with E-state index in [1.54, 1.807) is 4.68 Å². The third-order valence-corrected chi connectivity index (χ3v) is 2.00. The van der Waals surface area contributed by atoms with Crippen molar-refractivity contribution >= 4 is 5.91 Å². The van der Waals surface area contributed by atoms with Crippen molar-refractivity contribution in [3.8, 4) is 0 Å². The predicted molar refractivity (Wildman–Crippen MR) is 60.6 cm³/mol. The lowest BCUT2D eigenvalue weighted by Gasteiger charge is -2.08. The molecule has 1 aromatic heterocycles. The molecule has 1 heterocycles. The molecular formula is C11H19N3O2. The summed E-state index contributed by atoms with van der Waals surface area (Å²) in [5, 5.41) is 4.19. The molecule has 1 rings (SSSR count). The number of amides is 1. The number of rotatable bonds is 5. The lowest BCUT2D eigenvalue weighted by atomic mass is 10.2. The van der Waals surface area contributed by atoms with E-state index >= 15 is 0 Å². The van der Waals surface area contributed by atoms with Gasteiger partial charge < -0.3 is 0 Å². The number of hydrogen-bond acceptors (Lipinski definition) is 3. The van der Waals surface area contributed by atoms with Gasteiger partial charge in [0.1, 0.15) is 6.54 Å². The number of hydrogen-bond donors (Lipinski definition) is 1. The zero-order valence-electron chi connectivity index (χ0n) is 10.3. The van der Waals surface area contributed by atoms with Gasteiger partial charge in [-0.2, -0.15) is 5.10 Å². The van der Waals surface area contributed by atoms with Crippen LogP contribution in [0.25, 0.3) is 0 Å². The molecule has 1 amide bonds. The minimum Gasteiger partial charge on any atom is -0.273 e. The topological polar surface area (TPSA) is 56.2 Å². The zero-order valence-corrected chi connectivity index (χ0v) is 10.3. The summed E-state index contributed by atoms with van der Waals surface area (Å²) in [7, 11) is 0. The Hall–Kier alpha value is -1.36. The Balaban J connectivity index is 2.37. The van der Waals surface area contributed by atoms with Gasteiger partial charge in [0.2, 0.25) is 0 Å². The van der Waals surface area contributed by atoms with E-state index in [9.17, 15) is 4.79 Å². The molecule has 1 aromatic rings. The summed E-state index contributed by atoms with van der Waals surface area (Å²) >= 11 is 0. The Morgan fingerprint density at radius 3 is 2.75 bits per heavy atom. The zero-order chi connectivity index (χ0) is 12.1. The van der Waals surface area contributed by atoms with Gasteiger partial charge in [0.15, 0.2) is 0 Å². The van der Waals surface area contributed by atoms with Gasteiger partial charge in [-0.15, -0.1) is 0 Å². The average Bonchev–Trinajstić information content (AvgIpc) is 2.44. The van der Waals surface area contributed by atoms with Crippen LogP contribution in [-0.4, -0.2) is 22.3 Å². The predicted octanol–water partition coefficient (Wildman–Crippen LogP) is 1.20. The molecule has 0 aliphatic carbocycles. The molecule has 0 aromatic carbocycles. The number of nitrogens with zero attached hydrogens (tertiary/aromatic N) is 2. The first-order chi connectivity index (χ1) is 7.49. The van der Waals surface area contributed by atoms with E-state index < -0.39 is 0 Å². The summed E-state index contributed by atoms with van der Waals surface area (Å²) in [6, 6.07) is 1.93. The fraction of sp³-hybridized carbons (Fsp3) is 0.636. The molecule has 0 spiro atoms. The monoisotopic (exact) mass is 225 g/mol. The van der Waals surface area contributed by atoms with Crippen molar-refractivity contribution in [2.24, 2.45) is 5.92 Å².